The Kier molecular flexibility index (Phi) is 6.29. The average Bonchev–Trinajstić information content (AvgIpc) is 2.52. The second-order valence-electron chi connectivity index (χ2n) is 5.41. The summed E-state index contributed by atoms with van der Waals surface area (Å²) in [6.45, 7) is 7.87. The van der Waals surface area contributed by atoms with Crippen LogP contribution in [0.3, 0.4) is 0 Å². The second kappa shape index (κ2) is 8.22. The van der Waals surface area contributed by atoms with Crippen LogP contribution in [0.1, 0.15) is 24.9 Å². The quantitative estimate of drug-likeness (QED) is 0.751. The number of morpholine rings is 1. The summed E-state index contributed by atoms with van der Waals surface area (Å²) in [5.74, 6) is 0.957. The molecule has 1 aromatic carbocycles. The maximum absolute atomic E-state index is 10.0. The summed E-state index contributed by atoms with van der Waals surface area (Å²) in [5.41, 5.74) is 0.905. The van der Waals surface area contributed by atoms with Crippen LogP contribution in [0.4, 0.5) is 0 Å². The summed E-state index contributed by atoms with van der Waals surface area (Å²) in [4.78, 5) is 2.43. The van der Waals surface area contributed by atoms with Crippen LogP contribution >= 0.6 is 0 Å². The number of hydrogen-bond donors (Lipinski definition) is 2. The van der Waals surface area contributed by atoms with Gasteiger partial charge in [-0.2, -0.15) is 0 Å². The zero-order valence-electron chi connectivity index (χ0n) is 13.0. The molecule has 0 aromatic heterocycles. The Morgan fingerprint density at radius 1 is 1.38 bits per heavy atom. The molecule has 0 bridgehead atoms. The van der Waals surface area contributed by atoms with E-state index in [9.17, 15) is 5.11 Å². The highest BCUT2D eigenvalue weighted by atomic mass is 16.5. The molecule has 1 atom stereocenters. The van der Waals surface area contributed by atoms with Crippen LogP contribution in [0.5, 0.6) is 11.5 Å². The number of methoxy groups -OCH3 is 1. The van der Waals surface area contributed by atoms with E-state index >= 15 is 0 Å². The van der Waals surface area contributed by atoms with E-state index in [-0.39, 0.29) is 11.8 Å². The third-order valence-electron chi connectivity index (χ3n) is 3.91. The van der Waals surface area contributed by atoms with Gasteiger partial charge in [-0.1, -0.05) is 6.07 Å². The van der Waals surface area contributed by atoms with Crippen molar-refractivity contribution in [2.75, 3.05) is 46.5 Å². The van der Waals surface area contributed by atoms with Crippen molar-refractivity contribution in [3.05, 3.63) is 23.8 Å². The van der Waals surface area contributed by atoms with Gasteiger partial charge in [0.15, 0.2) is 0 Å². The molecule has 1 fully saturated rings. The number of nitrogens with one attached hydrogen (secondary N) is 1. The van der Waals surface area contributed by atoms with Gasteiger partial charge in [-0.25, -0.2) is 0 Å². The molecular weight excluding hydrogens is 268 g/mol. The summed E-state index contributed by atoms with van der Waals surface area (Å²) in [6, 6.07) is 5.57. The van der Waals surface area contributed by atoms with E-state index in [1.165, 1.54) is 0 Å². The first kappa shape index (κ1) is 16.1. The van der Waals surface area contributed by atoms with Gasteiger partial charge >= 0.3 is 0 Å². The summed E-state index contributed by atoms with van der Waals surface area (Å²) < 4.78 is 10.4. The van der Waals surface area contributed by atoms with E-state index in [0.717, 1.165) is 51.4 Å². The zero-order valence-corrected chi connectivity index (χ0v) is 13.0. The molecule has 5 heteroatoms. The molecule has 21 heavy (non-hydrogen) atoms. The van der Waals surface area contributed by atoms with Crippen LogP contribution in [0.15, 0.2) is 18.2 Å². The van der Waals surface area contributed by atoms with Gasteiger partial charge in [0.25, 0.3) is 0 Å². The molecule has 2 N–H and O–H groups in total. The molecule has 1 aliphatic rings. The fraction of sp³-hybridized carbons (Fsp3) is 0.625. The Hall–Kier alpha value is -1.30. The van der Waals surface area contributed by atoms with Gasteiger partial charge in [-0.05, 0) is 32.5 Å². The first-order valence-electron chi connectivity index (χ1n) is 7.61. The van der Waals surface area contributed by atoms with Crippen molar-refractivity contribution in [2.45, 2.75) is 19.4 Å². The van der Waals surface area contributed by atoms with Crippen LogP contribution in [-0.4, -0.2) is 56.5 Å². The van der Waals surface area contributed by atoms with Gasteiger partial charge in [-0.15, -0.1) is 0 Å². The molecule has 5 nitrogen and oxygen atoms in total. The lowest BCUT2D eigenvalue weighted by Gasteiger charge is -2.26. The minimum Gasteiger partial charge on any atom is -0.507 e. The first-order valence-corrected chi connectivity index (χ1v) is 7.61. The highest BCUT2D eigenvalue weighted by Crippen LogP contribution is 2.28. The summed E-state index contributed by atoms with van der Waals surface area (Å²) in [7, 11) is 1.60. The Morgan fingerprint density at radius 2 is 2.14 bits per heavy atom. The fourth-order valence-corrected chi connectivity index (χ4v) is 2.57. The van der Waals surface area contributed by atoms with E-state index < -0.39 is 0 Å². The maximum Gasteiger partial charge on any atom is 0.124 e. The summed E-state index contributed by atoms with van der Waals surface area (Å²) in [5, 5.41) is 13.5. The lowest BCUT2D eigenvalue weighted by Crippen LogP contribution is -2.37. The van der Waals surface area contributed by atoms with Crippen molar-refractivity contribution < 1.29 is 14.6 Å². The van der Waals surface area contributed by atoms with Gasteiger partial charge < -0.3 is 19.9 Å². The third kappa shape index (κ3) is 4.88. The molecule has 0 amide bonds. The molecule has 0 spiro atoms. The zero-order chi connectivity index (χ0) is 15.1. The summed E-state index contributed by atoms with van der Waals surface area (Å²) >= 11 is 0. The average molecular weight is 294 g/mol. The van der Waals surface area contributed by atoms with Gasteiger partial charge in [-0.3, -0.25) is 4.90 Å². The lowest BCUT2D eigenvalue weighted by atomic mass is 10.1. The fourth-order valence-electron chi connectivity index (χ4n) is 2.57. The molecule has 0 aliphatic carbocycles. The largest absolute Gasteiger partial charge is 0.507 e. The van der Waals surface area contributed by atoms with Gasteiger partial charge in [0, 0.05) is 30.8 Å². The molecule has 1 saturated heterocycles. The van der Waals surface area contributed by atoms with Crippen LogP contribution in [0.2, 0.25) is 0 Å². The smallest absolute Gasteiger partial charge is 0.124 e. The Bertz CT molecular complexity index is 434. The normalized spacial score (nSPS) is 17.6. The molecule has 1 aliphatic heterocycles. The molecular formula is C16H26N2O3. The number of rotatable bonds is 7. The molecule has 2 rings (SSSR count). The van der Waals surface area contributed by atoms with E-state index in [1.807, 2.05) is 12.1 Å². The highest BCUT2D eigenvalue weighted by molar-refractivity contribution is 5.41. The molecule has 0 radical (unpaired) electrons. The van der Waals surface area contributed by atoms with Crippen LogP contribution in [0.25, 0.3) is 0 Å². The predicted octanol–water partition coefficient (Wildman–Crippen LogP) is 1.77. The number of hydrogen-bond acceptors (Lipinski definition) is 5. The maximum atomic E-state index is 10.0. The van der Waals surface area contributed by atoms with Crippen molar-refractivity contribution in [3.63, 3.8) is 0 Å². The van der Waals surface area contributed by atoms with Crippen LogP contribution < -0.4 is 10.1 Å². The summed E-state index contributed by atoms with van der Waals surface area (Å²) in [6.07, 6.45) is 1.10. The number of ether oxygens (including phenoxy) is 2. The Morgan fingerprint density at radius 3 is 2.81 bits per heavy atom. The first-order chi connectivity index (χ1) is 10.2. The standard InChI is InChI=1S/C16H26N2O3/c1-13(15-5-4-14(20-2)12-16(15)19)17-6-3-7-18-8-10-21-11-9-18/h4-5,12-13,17,19H,3,6-11H2,1-2H3. The second-order valence-corrected chi connectivity index (χ2v) is 5.41. The van der Waals surface area contributed by atoms with Crippen LogP contribution in [-0.2, 0) is 4.74 Å². The van der Waals surface area contributed by atoms with E-state index in [1.54, 1.807) is 13.2 Å². The SMILES string of the molecule is COc1ccc(C(C)NCCCN2CCOCC2)c(O)c1. The van der Waals surface area contributed by atoms with Crippen molar-refractivity contribution >= 4 is 0 Å². The number of phenolic OH excluding ortho intramolecular Hbond substituents is 1. The van der Waals surface area contributed by atoms with E-state index in [0.29, 0.717) is 5.75 Å². The van der Waals surface area contributed by atoms with Crippen LogP contribution in [0, 0.1) is 0 Å². The highest BCUT2D eigenvalue weighted by Gasteiger charge is 2.12. The van der Waals surface area contributed by atoms with Crippen molar-refractivity contribution in [2.24, 2.45) is 0 Å². The van der Waals surface area contributed by atoms with Gasteiger partial charge in [0.05, 0.1) is 20.3 Å². The molecule has 1 heterocycles. The molecule has 1 aromatic rings. The van der Waals surface area contributed by atoms with E-state index in [4.69, 9.17) is 9.47 Å². The van der Waals surface area contributed by atoms with Crippen molar-refractivity contribution in [1.82, 2.24) is 10.2 Å². The number of aromatic hydroxyl groups is 1. The molecule has 118 valence electrons. The van der Waals surface area contributed by atoms with Crippen molar-refractivity contribution in [1.29, 1.82) is 0 Å². The number of nitrogens with zero attached hydrogens (tertiary/aromatic N) is 1. The number of benzene rings is 1. The van der Waals surface area contributed by atoms with Crippen molar-refractivity contribution in [3.8, 4) is 11.5 Å². The van der Waals surface area contributed by atoms with E-state index in [2.05, 4.69) is 17.1 Å². The Labute approximate surface area is 126 Å². The van der Waals surface area contributed by atoms with Gasteiger partial charge in [0.2, 0.25) is 0 Å². The topological polar surface area (TPSA) is 54.0 Å². The molecule has 1 unspecified atom stereocenters. The third-order valence-corrected chi connectivity index (χ3v) is 3.91. The molecule has 0 saturated carbocycles. The minimum absolute atomic E-state index is 0.126. The minimum atomic E-state index is 0.126. The Balaban J connectivity index is 1.72. The van der Waals surface area contributed by atoms with Gasteiger partial charge in [0.1, 0.15) is 11.5 Å². The predicted molar refractivity (Wildman–Crippen MR) is 83.0 cm³/mol. The monoisotopic (exact) mass is 294 g/mol. The number of phenols is 1. The lowest BCUT2D eigenvalue weighted by molar-refractivity contribution is 0.0374.